The van der Waals surface area contributed by atoms with Gasteiger partial charge in [0.2, 0.25) is 0 Å². The number of carbonyl (C=O) groups excluding carboxylic acids is 1. The topological polar surface area (TPSA) is 140 Å². The van der Waals surface area contributed by atoms with Crippen molar-refractivity contribution in [1.29, 1.82) is 5.26 Å². The first kappa shape index (κ1) is 27.3. The van der Waals surface area contributed by atoms with Gasteiger partial charge in [-0.2, -0.15) is 15.0 Å². The van der Waals surface area contributed by atoms with Crippen molar-refractivity contribution in [2.45, 2.75) is 32.1 Å². The van der Waals surface area contributed by atoms with Crippen LogP contribution in [-0.4, -0.2) is 73.8 Å². The first-order valence-electron chi connectivity index (χ1n) is 14.0. The Morgan fingerprint density at radius 3 is 2.57 bits per heavy atom. The number of aryl methyl sites for hydroxylation is 2. The van der Waals surface area contributed by atoms with Crippen molar-refractivity contribution in [3.05, 3.63) is 77.5 Å². The van der Waals surface area contributed by atoms with E-state index in [0.717, 1.165) is 61.8 Å². The number of hydrogen-bond donors (Lipinski definition) is 3. The van der Waals surface area contributed by atoms with Gasteiger partial charge in [0.1, 0.15) is 18.0 Å². The summed E-state index contributed by atoms with van der Waals surface area (Å²) >= 11 is 0. The molecule has 2 fully saturated rings. The van der Waals surface area contributed by atoms with Crippen LogP contribution in [0.25, 0.3) is 5.82 Å². The van der Waals surface area contributed by atoms with Crippen LogP contribution in [-0.2, 0) is 5.41 Å². The van der Waals surface area contributed by atoms with Gasteiger partial charge in [-0.05, 0) is 63.6 Å². The Morgan fingerprint density at radius 2 is 1.81 bits per heavy atom. The fraction of sp³-hybridized carbons (Fsp3) is 0.333. The van der Waals surface area contributed by atoms with Gasteiger partial charge in [0.05, 0.1) is 22.9 Å². The molecule has 0 spiro atoms. The second kappa shape index (κ2) is 11.2. The Kier molecular flexibility index (Phi) is 7.28. The van der Waals surface area contributed by atoms with Crippen LogP contribution in [0, 0.1) is 25.2 Å². The van der Waals surface area contributed by atoms with E-state index in [4.69, 9.17) is 0 Å². The van der Waals surface area contributed by atoms with Crippen molar-refractivity contribution in [3.8, 4) is 11.9 Å². The molecular weight excluding hydrogens is 530 g/mol. The van der Waals surface area contributed by atoms with Crippen LogP contribution in [0.15, 0.2) is 55.0 Å². The van der Waals surface area contributed by atoms with Gasteiger partial charge in [-0.25, -0.2) is 15.0 Å². The van der Waals surface area contributed by atoms with E-state index in [2.05, 4.69) is 59.1 Å². The largest absolute Gasteiger partial charge is 0.340 e. The van der Waals surface area contributed by atoms with Crippen molar-refractivity contribution in [1.82, 2.24) is 34.6 Å². The lowest BCUT2D eigenvalue weighted by molar-refractivity contribution is 0.102. The number of rotatable bonds is 8. The maximum absolute atomic E-state index is 13.1. The Balaban J connectivity index is 1.19. The van der Waals surface area contributed by atoms with Crippen LogP contribution >= 0.6 is 0 Å². The molecule has 1 aliphatic heterocycles. The van der Waals surface area contributed by atoms with Crippen molar-refractivity contribution in [2.75, 3.05) is 49.3 Å². The molecule has 6 rings (SSSR count). The molecule has 214 valence electrons. The van der Waals surface area contributed by atoms with Crippen LogP contribution in [0.1, 0.15) is 40.2 Å². The maximum Gasteiger partial charge on any atom is 0.255 e. The van der Waals surface area contributed by atoms with Crippen LogP contribution in [0.4, 0.5) is 23.0 Å². The van der Waals surface area contributed by atoms with Gasteiger partial charge >= 0.3 is 0 Å². The SMILES string of the molecule is Cc1cc(Nc2cc(NC(=O)c3ccnc(C4(C#N)CC4)c3)ccc2C)n(-c2cc(NN3CCN(C)CC3)ncn2)n1. The van der Waals surface area contributed by atoms with Crippen LogP contribution in [0.3, 0.4) is 0 Å². The highest BCUT2D eigenvalue weighted by Crippen LogP contribution is 2.46. The molecule has 1 aliphatic carbocycles. The molecule has 0 unspecified atom stereocenters. The molecule has 0 bridgehead atoms. The normalized spacial score (nSPS) is 16.4. The van der Waals surface area contributed by atoms with E-state index in [0.29, 0.717) is 28.6 Å². The fourth-order valence-electron chi connectivity index (χ4n) is 4.93. The summed E-state index contributed by atoms with van der Waals surface area (Å²) in [4.78, 5) is 28.6. The second-order valence-corrected chi connectivity index (χ2v) is 11.0. The molecule has 4 aromatic rings. The molecule has 4 heterocycles. The molecular formula is C30H33N11O. The number of nitriles is 1. The van der Waals surface area contributed by atoms with Crippen molar-refractivity contribution < 1.29 is 4.79 Å². The number of likely N-dealkylation sites (N-methyl/N-ethyl adjacent to an activating group) is 1. The van der Waals surface area contributed by atoms with E-state index in [1.807, 2.05) is 44.2 Å². The minimum Gasteiger partial charge on any atom is -0.340 e. The molecule has 1 amide bonds. The zero-order chi connectivity index (χ0) is 29.3. The van der Waals surface area contributed by atoms with Gasteiger partial charge in [-0.3, -0.25) is 9.78 Å². The Bertz CT molecular complexity index is 1660. The molecule has 1 saturated heterocycles. The molecule has 0 radical (unpaired) electrons. The van der Waals surface area contributed by atoms with E-state index < -0.39 is 5.41 Å². The van der Waals surface area contributed by atoms with E-state index in [9.17, 15) is 10.1 Å². The number of nitrogens with one attached hydrogen (secondary N) is 3. The minimum absolute atomic E-state index is 0.260. The second-order valence-electron chi connectivity index (χ2n) is 11.0. The number of hydrazine groups is 1. The predicted molar refractivity (Wildman–Crippen MR) is 160 cm³/mol. The van der Waals surface area contributed by atoms with E-state index in [1.165, 1.54) is 6.33 Å². The molecule has 3 aromatic heterocycles. The van der Waals surface area contributed by atoms with Gasteiger partial charge < -0.3 is 21.0 Å². The molecule has 1 aromatic carbocycles. The van der Waals surface area contributed by atoms with Crippen LogP contribution in [0.5, 0.6) is 0 Å². The van der Waals surface area contributed by atoms with E-state index in [-0.39, 0.29) is 5.91 Å². The summed E-state index contributed by atoms with van der Waals surface area (Å²) in [6.07, 6.45) is 4.66. The number of carbonyl (C=O) groups is 1. The third kappa shape index (κ3) is 5.79. The third-order valence-electron chi connectivity index (χ3n) is 7.71. The average molecular weight is 564 g/mol. The quantitative estimate of drug-likeness (QED) is 0.290. The summed E-state index contributed by atoms with van der Waals surface area (Å²) in [5, 5.41) is 22.8. The van der Waals surface area contributed by atoms with Crippen molar-refractivity contribution in [2.24, 2.45) is 0 Å². The summed E-state index contributed by atoms with van der Waals surface area (Å²) in [6, 6.07) is 15.2. The number of aromatic nitrogens is 5. The standard InChI is InChI=1S/C30H33N11O/c1-20-4-5-23(35-29(42)22-6-9-32-25(15-22)30(18-31)7-8-30)16-24(20)36-28-14-21(2)37-41(28)27-17-26(33-19-34-27)38-40-12-10-39(3)11-13-40/h4-6,9,14-17,19,36H,7-8,10-13H2,1-3H3,(H,35,42)(H,33,34,38). The molecule has 12 nitrogen and oxygen atoms in total. The first-order chi connectivity index (χ1) is 20.3. The van der Waals surface area contributed by atoms with Gasteiger partial charge in [0.15, 0.2) is 5.82 Å². The fourth-order valence-corrected chi connectivity index (χ4v) is 4.93. The highest BCUT2D eigenvalue weighted by Gasteiger charge is 2.46. The number of piperazine rings is 1. The molecule has 12 heteroatoms. The smallest absolute Gasteiger partial charge is 0.255 e. The van der Waals surface area contributed by atoms with Crippen molar-refractivity contribution >= 4 is 28.9 Å². The van der Waals surface area contributed by atoms with Crippen LogP contribution < -0.4 is 16.1 Å². The zero-order valence-electron chi connectivity index (χ0n) is 23.9. The number of benzene rings is 1. The summed E-state index contributed by atoms with van der Waals surface area (Å²) in [7, 11) is 2.12. The van der Waals surface area contributed by atoms with Crippen molar-refractivity contribution in [3.63, 3.8) is 0 Å². The summed E-state index contributed by atoms with van der Waals surface area (Å²) in [5.74, 6) is 1.79. The summed E-state index contributed by atoms with van der Waals surface area (Å²) in [5.41, 5.74) is 7.23. The van der Waals surface area contributed by atoms with E-state index >= 15 is 0 Å². The minimum atomic E-state index is -0.552. The number of amides is 1. The Morgan fingerprint density at radius 1 is 1.00 bits per heavy atom. The molecule has 42 heavy (non-hydrogen) atoms. The number of hydrogen-bond acceptors (Lipinski definition) is 10. The zero-order valence-corrected chi connectivity index (χ0v) is 23.9. The predicted octanol–water partition coefficient (Wildman–Crippen LogP) is 3.80. The van der Waals surface area contributed by atoms with Gasteiger partial charge in [0, 0.05) is 61.4 Å². The van der Waals surface area contributed by atoms with Crippen LogP contribution in [0.2, 0.25) is 0 Å². The van der Waals surface area contributed by atoms with Gasteiger partial charge in [-0.15, -0.1) is 0 Å². The number of anilines is 4. The number of nitrogens with zero attached hydrogens (tertiary/aromatic N) is 8. The lowest BCUT2D eigenvalue weighted by Crippen LogP contribution is -2.47. The monoisotopic (exact) mass is 563 g/mol. The lowest BCUT2D eigenvalue weighted by Gasteiger charge is -2.32. The van der Waals surface area contributed by atoms with E-state index in [1.54, 1.807) is 23.0 Å². The number of pyridine rings is 1. The third-order valence-corrected chi connectivity index (χ3v) is 7.71. The van der Waals surface area contributed by atoms with Gasteiger partial charge in [0.25, 0.3) is 5.91 Å². The summed E-state index contributed by atoms with van der Waals surface area (Å²) in [6.45, 7) is 7.70. The first-order valence-corrected chi connectivity index (χ1v) is 14.0. The average Bonchev–Trinajstić information content (AvgIpc) is 3.72. The molecule has 3 N–H and O–H groups in total. The molecule has 2 aliphatic rings. The highest BCUT2D eigenvalue weighted by atomic mass is 16.1. The lowest BCUT2D eigenvalue weighted by atomic mass is 10.0. The maximum atomic E-state index is 13.1. The Hall–Kier alpha value is -4.86. The highest BCUT2D eigenvalue weighted by molar-refractivity contribution is 6.04. The Labute approximate surface area is 244 Å². The summed E-state index contributed by atoms with van der Waals surface area (Å²) < 4.78 is 1.75. The molecule has 0 atom stereocenters. The van der Waals surface area contributed by atoms with Gasteiger partial charge in [-0.1, -0.05) is 6.07 Å². The molecule has 1 saturated carbocycles.